The first-order valence-corrected chi connectivity index (χ1v) is 7.55. The van der Waals surface area contributed by atoms with Crippen LogP contribution in [0.5, 0.6) is 5.88 Å². The number of halogens is 1. The van der Waals surface area contributed by atoms with Crippen LogP contribution in [-0.2, 0) is 6.54 Å². The van der Waals surface area contributed by atoms with Gasteiger partial charge in [-0.15, -0.1) is 0 Å². The lowest BCUT2D eigenvalue weighted by molar-refractivity contribution is 0.291. The summed E-state index contributed by atoms with van der Waals surface area (Å²) in [6.45, 7) is 6.93. The van der Waals surface area contributed by atoms with Crippen molar-refractivity contribution in [1.82, 2.24) is 10.3 Å². The van der Waals surface area contributed by atoms with E-state index >= 15 is 0 Å². The van der Waals surface area contributed by atoms with Crippen LogP contribution in [0.2, 0.25) is 0 Å². The molecule has 0 amide bonds. The molecular weight excluding hydrogens is 292 g/mol. The van der Waals surface area contributed by atoms with Gasteiger partial charge < -0.3 is 10.1 Å². The van der Waals surface area contributed by atoms with Gasteiger partial charge >= 0.3 is 0 Å². The molecule has 0 spiro atoms. The maximum Gasteiger partial charge on any atom is 0.217 e. The normalized spacial score (nSPS) is 10.6. The highest BCUT2D eigenvalue weighted by molar-refractivity contribution is 9.10. The number of nitrogens with one attached hydrogen (secondary N) is 1. The molecule has 0 saturated carbocycles. The minimum absolute atomic E-state index is 0.753. The Labute approximate surface area is 118 Å². The van der Waals surface area contributed by atoms with E-state index in [-0.39, 0.29) is 0 Å². The topological polar surface area (TPSA) is 34.1 Å². The van der Waals surface area contributed by atoms with E-state index in [2.05, 4.69) is 46.1 Å². The fourth-order valence-corrected chi connectivity index (χ4v) is 2.02. The highest BCUT2D eigenvalue weighted by Gasteiger charge is 2.06. The fourth-order valence-electron chi connectivity index (χ4n) is 1.65. The molecule has 1 N–H and O–H groups in total. The molecule has 4 heteroatoms. The van der Waals surface area contributed by atoms with Gasteiger partial charge in [-0.05, 0) is 41.4 Å². The molecule has 0 atom stereocenters. The van der Waals surface area contributed by atoms with Crippen molar-refractivity contribution >= 4 is 15.9 Å². The summed E-state index contributed by atoms with van der Waals surface area (Å²) in [6.07, 6.45) is 6.44. The zero-order valence-corrected chi connectivity index (χ0v) is 12.9. The van der Waals surface area contributed by atoms with Crippen LogP contribution in [0, 0.1) is 0 Å². The summed E-state index contributed by atoms with van der Waals surface area (Å²) in [5.74, 6) is 0.762. The molecule has 0 fully saturated rings. The van der Waals surface area contributed by atoms with Gasteiger partial charge in [0.15, 0.2) is 0 Å². The Hall–Kier alpha value is -0.610. The van der Waals surface area contributed by atoms with Crippen LogP contribution in [0.4, 0.5) is 0 Å². The predicted molar refractivity (Wildman–Crippen MR) is 79.0 cm³/mol. The highest BCUT2D eigenvalue weighted by atomic mass is 79.9. The predicted octanol–water partition coefficient (Wildman–Crippen LogP) is 3.91. The number of rotatable bonds is 9. The molecule has 0 bridgehead atoms. The van der Waals surface area contributed by atoms with Crippen molar-refractivity contribution < 1.29 is 4.74 Å². The second-order valence-electron chi connectivity index (χ2n) is 4.35. The fraction of sp³-hybridized carbons (Fsp3) is 0.643. The van der Waals surface area contributed by atoms with Crippen molar-refractivity contribution in [2.75, 3.05) is 13.2 Å². The van der Waals surface area contributed by atoms with Gasteiger partial charge in [0.05, 0.1) is 6.61 Å². The lowest BCUT2D eigenvalue weighted by atomic mass is 10.2. The van der Waals surface area contributed by atoms with Gasteiger partial charge in [0.25, 0.3) is 0 Å². The van der Waals surface area contributed by atoms with Crippen LogP contribution in [-0.4, -0.2) is 18.1 Å². The first-order chi connectivity index (χ1) is 8.77. The second kappa shape index (κ2) is 9.34. The van der Waals surface area contributed by atoms with Crippen molar-refractivity contribution in [1.29, 1.82) is 0 Å². The van der Waals surface area contributed by atoms with Gasteiger partial charge in [-0.25, -0.2) is 4.98 Å². The first kappa shape index (κ1) is 15.4. The smallest absolute Gasteiger partial charge is 0.217 e. The number of hydrogen-bond donors (Lipinski definition) is 1. The summed E-state index contributed by atoms with van der Waals surface area (Å²) in [7, 11) is 0. The van der Waals surface area contributed by atoms with Crippen molar-refractivity contribution in [3.63, 3.8) is 0 Å². The summed E-state index contributed by atoms with van der Waals surface area (Å²) < 4.78 is 6.75. The van der Waals surface area contributed by atoms with E-state index in [9.17, 15) is 0 Å². The van der Waals surface area contributed by atoms with Gasteiger partial charge in [-0.2, -0.15) is 0 Å². The lowest BCUT2D eigenvalue weighted by Crippen LogP contribution is -2.15. The van der Waals surface area contributed by atoms with E-state index in [1.807, 2.05) is 0 Å². The lowest BCUT2D eigenvalue weighted by Gasteiger charge is -2.11. The standard InChI is InChI=1S/C14H23BrN2O/c1-3-5-6-8-18-14-12(10-16-7-4-2)9-13(15)11-17-14/h9,11,16H,3-8,10H2,1-2H3. The van der Waals surface area contributed by atoms with Crippen LogP contribution in [0.3, 0.4) is 0 Å². The molecule has 0 aliphatic rings. The van der Waals surface area contributed by atoms with Crippen LogP contribution in [0.15, 0.2) is 16.7 Å². The molecule has 0 radical (unpaired) electrons. The number of pyridine rings is 1. The van der Waals surface area contributed by atoms with Gasteiger partial charge in [-0.3, -0.25) is 0 Å². The Bertz CT molecular complexity index is 345. The molecule has 102 valence electrons. The number of ether oxygens (including phenoxy) is 1. The summed E-state index contributed by atoms with van der Waals surface area (Å²) >= 11 is 3.45. The third kappa shape index (κ3) is 5.83. The van der Waals surface area contributed by atoms with Gasteiger partial charge in [0.2, 0.25) is 5.88 Å². The average molecular weight is 315 g/mol. The summed E-state index contributed by atoms with van der Waals surface area (Å²) in [5.41, 5.74) is 1.12. The number of aromatic nitrogens is 1. The highest BCUT2D eigenvalue weighted by Crippen LogP contribution is 2.20. The number of nitrogens with zero attached hydrogens (tertiary/aromatic N) is 1. The molecule has 0 saturated heterocycles. The molecule has 0 aliphatic heterocycles. The van der Waals surface area contributed by atoms with Crippen molar-refractivity contribution in [2.45, 2.75) is 46.1 Å². The van der Waals surface area contributed by atoms with E-state index in [4.69, 9.17) is 4.74 Å². The van der Waals surface area contributed by atoms with E-state index in [0.717, 1.165) is 48.5 Å². The second-order valence-corrected chi connectivity index (χ2v) is 5.27. The van der Waals surface area contributed by atoms with E-state index < -0.39 is 0 Å². The Kier molecular flexibility index (Phi) is 8.01. The van der Waals surface area contributed by atoms with Crippen molar-refractivity contribution in [2.24, 2.45) is 0 Å². The van der Waals surface area contributed by atoms with E-state index in [1.54, 1.807) is 6.20 Å². The SMILES string of the molecule is CCCCCOc1ncc(Br)cc1CNCCC. The van der Waals surface area contributed by atoms with Crippen LogP contribution in [0.1, 0.15) is 45.1 Å². The minimum atomic E-state index is 0.753. The molecule has 0 aliphatic carbocycles. The van der Waals surface area contributed by atoms with Crippen LogP contribution < -0.4 is 10.1 Å². The molecule has 1 rings (SSSR count). The molecule has 18 heavy (non-hydrogen) atoms. The van der Waals surface area contributed by atoms with Gasteiger partial charge in [0, 0.05) is 22.8 Å². The zero-order chi connectivity index (χ0) is 13.2. The Balaban J connectivity index is 2.52. The third-order valence-corrected chi connectivity index (χ3v) is 3.05. The first-order valence-electron chi connectivity index (χ1n) is 6.75. The molecule has 3 nitrogen and oxygen atoms in total. The Morgan fingerprint density at radius 2 is 2.11 bits per heavy atom. The monoisotopic (exact) mass is 314 g/mol. The molecule has 1 aromatic heterocycles. The largest absolute Gasteiger partial charge is 0.477 e. The van der Waals surface area contributed by atoms with Crippen LogP contribution >= 0.6 is 15.9 Å². The average Bonchev–Trinajstić information content (AvgIpc) is 2.37. The van der Waals surface area contributed by atoms with Gasteiger partial charge in [0.1, 0.15) is 0 Å². The number of hydrogen-bond acceptors (Lipinski definition) is 3. The maximum atomic E-state index is 5.75. The molecular formula is C14H23BrN2O. The van der Waals surface area contributed by atoms with Crippen LogP contribution in [0.25, 0.3) is 0 Å². The van der Waals surface area contributed by atoms with Crippen molar-refractivity contribution in [3.8, 4) is 5.88 Å². The molecule has 0 unspecified atom stereocenters. The summed E-state index contributed by atoms with van der Waals surface area (Å²) in [4.78, 5) is 4.35. The molecule has 1 aromatic rings. The minimum Gasteiger partial charge on any atom is -0.477 e. The Morgan fingerprint density at radius 3 is 2.83 bits per heavy atom. The van der Waals surface area contributed by atoms with E-state index in [0.29, 0.717) is 0 Å². The zero-order valence-electron chi connectivity index (χ0n) is 11.3. The van der Waals surface area contributed by atoms with Gasteiger partial charge in [-0.1, -0.05) is 26.7 Å². The quantitative estimate of drug-likeness (QED) is 0.702. The van der Waals surface area contributed by atoms with Crippen molar-refractivity contribution in [3.05, 3.63) is 22.3 Å². The summed E-state index contributed by atoms with van der Waals surface area (Å²) in [5, 5.41) is 3.38. The molecule has 0 aromatic carbocycles. The molecule has 1 heterocycles. The van der Waals surface area contributed by atoms with E-state index in [1.165, 1.54) is 12.8 Å². The maximum absolute atomic E-state index is 5.75. The third-order valence-electron chi connectivity index (χ3n) is 2.62. The Morgan fingerprint density at radius 1 is 1.28 bits per heavy atom. The number of unbranched alkanes of at least 4 members (excludes halogenated alkanes) is 2. The summed E-state index contributed by atoms with van der Waals surface area (Å²) in [6, 6.07) is 2.07.